The number of methoxy groups -OCH3 is 1. The summed E-state index contributed by atoms with van der Waals surface area (Å²) in [5.41, 5.74) is 0. The Morgan fingerprint density at radius 3 is 2.56 bits per heavy atom. The predicted molar refractivity (Wildman–Crippen MR) is 31.3 cm³/mol. The summed E-state index contributed by atoms with van der Waals surface area (Å²) in [5.74, 6) is -0.326. The molecule has 0 aliphatic carbocycles. The van der Waals surface area contributed by atoms with Gasteiger partial charge < -0.3 is 4.74 Å². The van der Waals surface area contributed by atoms with Gasteiger partial charge in [0.05, 0.1) is 7.11 Å². The second kappa shape index (κ2) is 2.80. The van der Waals surface area contributed by atoms with Crippen LogP contribution >= 0.6 is 0 Å². The number of ether oxygens (including phenoxy) is 1. The number of carbonyl (C=O) groups excluding carboxylic acids is 1. The lowest BCUT2D eigenvalue weighted by Crippen LogP contribution is -2.30. The second-order valence-corrected chi connectivity index (χ2v) is 1.72. The summed E-state index contributed by atoms with van der Waals surface area (Å²) < 4.78 is 4.43. The van der Waals surface area contributed by atoms with Crippen molar-refractivity contribution < 1.29 is 9.53 Å². The van der Waals surface area contributed by atoms with E-state index in [1.165, 1.54) is 7.11 Å². The fraction of sp³-hybridized carbons (Fsp3) is 0.600. The molecule has 51 valence electrons. The van der Waals surface area contributed by atoms with Crippen molar-refractivity contribution in [1.29, 1.82) is 0 Å². The molecule has 1 heterocycles. The van der Waals surface area contributed by atoms with Crippen molar-refractivity contribution in [2.45, 2.75) is 0 Å². The molecule has 0 atom stereocenters. The van der Waals surface area contributed by atoms with E-state index >= 15 is 0 Å². The number of rotatable bonds is 1. The lowest BCUT2D eigenvalue weighted by Gasteiger charge is -2.03. The predicted octanol–water partition coefficient (Wildman–Crippen LogP) is -1.16. The van der Waals surface area contributed by atoms with E-state index in [9.17, 15) is 4.79 Å². The summed E-state index contributed by atoms with van der Waals surface area (Å²) in [6.45, 7) is 1.59. The summed E-state index contributed by atoms with van der Waals surface area (Å²) in [4.78, 5) is 10.6. The van der Waals surface area contributed by atoms with Crippen LogP contribution in [0.4, 0.5) is 0 Å². The maximum Gasteiger partial charge on any atom is 0.345 e. The molecule has 4 nitrogen and oxygen atoms in total. The molecule has 1 rings (SSSR count). The van der Waals surface area contributed by atoms with Gasteiger partial charge in [0, 0.05) is 13.1 Å². The van der Waals surface area contributed by atoms with Gasteiger partial charge in [-0.1, -0.05) is 0 Å². The third-order valence-corrected chi connectivity index (χ3v) is 1.12. The zero-order valence-corrected chi connectivity index (χ0v) is 5.23. The van der Waals surface area contributed by atoms with Crippen molar-refractivity contribution in [2.24, 2.45) is 0 Å². The molecule has 2 N–H and O–H groups in total. The van der Waals surface area contributed by atoms with Crippen LogP contribution in [0.3, 0.4) is 0 Å². The van der Waals surface area contributed by atoms with E-state index in [0.717, 1.165) is 13.1 Å². The molecule has 0 bridgehead atoms. The first kappa shape index (κ1) is 6.51. The SMILES string of the molecule is COC(=O)[C]1NCCN1. The minimum Gasteiger partial charge on any atom is -0.467 e. The van der Waals surface area contributed by atoms with Crippen molar-refractivity contribution in [3.63, 3.8) is 0 Å². The first-order valence-electron chi connectivity index (χ1n) is 2.77. The Labute approximate surface area is 53.6 Å². The van der Waals surface area contributed by atoms with E-state index in [2.05, 4.69) is 15.4 Å². The Morgan fingerprint density at radius 1 is 1.56 bits per heavy atom. The molecular formula is C5H9N2O2. The van der Waals surface area contributed by atoms with Crippen LogP contribution in [0.2, 0.25) is 0 Å². The fourth-order valence-electron chi connectivity index (χ4n) is 0.684. The molecule has 1 saturated heterocycles. The third-order valence-electron chi connectivity index (χ3n) is 1.12. The van der Waals surface area contributed by atoms with Crippen LogP contribution in [-0.2, 0) is 9.53 Å². The first-order valence-corrected chi connectivity index (χ1v) is 2.77. The van der Waals surface area contributed by atoms with Crippen LogP contribution in [0.5, 0.6) is 0 Å². The third kappa shape index (κ3) is 1.40. The van der Waals surface area contributed by atoms with Gasteiger partial charge in [-0.2, -0.15) is 0 Å². The van der Waals surface area contributed by atoms with Gasteiger partial charge in [-0.25, -0.2) is 4.79 Å². The van der Waals surface area contributed by atoms with E-state index in [1.807, 2.05) is 0 Å². The highest BCUT2D eigenvalue weighted by Crippen LogP contribution is 1.95. The summed E-state index contributed by atoms with van der Waals surface area (Å²) in [5, 5.41) is 5.68. The van der Waals surface area contributed by atoms with Gasteiger partial charge in [0.2, 0.25) is 6.17 Å². The van der Waals surface area contributed by atoms with E-state index in [1.54, 1.807) is 0 Å². The van der Waals surface area contributed by atoms with Crippen LogP contribution in [0, 0.1) is 6.17 Å². The Hall–Kier alpha value is -0.610. The van der Waals surface area contributed by atoms with Crippen LogP contribution in [0.25, 0.3) is 0 Å². The topological polar surface area (TPSA) is 50.4 Å². The quantitative estimate of drug-likeness (QED) is 0.438. The van der Waals surface area contributed by atoms with Gasteiger partial charge in [-0.3, -0.25) is 10.6 Å². The highest BCUT2D eigenvalue weighted by Gasteiger charge is 2.22. The van der Waals surface area contributed by atoms with Crippen LogP contribution in [-0.4, -0.2) is 26.2 Å². The summed E-state index contributed by atoms with van der Waals surface area (Å²) >= 11 is 0. The van der Waals surface area contributed by atoms with Crippen LogP contribution < -0.4 is 10.6 Å². The van der Waals surface area contributed by atoms with Crippen LogP contribution in [0.15, 0.2) is 0 Å². The van der Waals surface area contributed by atoms with E-state index in [4.69, 9.17) is 0 Å². The number of esters is 1. The average Bonchev–Trinajstić information content (AvgIpc) is 2.37. The molecule has 0 aromatic carbocycles. The molecule has 1 fully saturated rings. The van der Waals surface area contributed by atoms with Gasteiger partial charge in [0.1, 0.15) is 0 Å². The molecule has 0 aromatic heterocycles. The Bertz CT molecular complexity index is 110. The number of hydrogen-bond acceptors (Lipinski definition) is 4. The van der Waals surface area contributed by atoms with E-state index in [0.29, 0.717) is 6.17 Å². The number of nitrogens with one attached hydrogen (secondary N) is 2. The Morgan fingerprint density at radius 2 is 2.11 bits per heavy atom. The summed E-state index contributed by atoms with van der Waals surface area (Å²) in [6, 6.07) is 0. The molecule has 0 aromatic rings. The number of carbonyl (C=O) groups is 1. The van der Waals surface area contributed by atoms with Crippen LogP contribution in [0.1, 0.15) is 0 Å². The normalized spacial score (nSPS) is 20.1. The smallest absolute Gasteiger partial charge is 0.345 e. The standard InChI is InChI=1S/C5H9N2O2/c1-9-5(8)4-6-2-3-7-4/h6-7H,2-3H2,1H3. The zero-order valence-electron chi connectivity index (χ0n) is 5.23. The molecule has 0 saturated carbocycles. The van der Waals surface area contributed by atoms with Crippen molar-refractivity contribution in [1.82, 2.24) is 10.6 Å². The molecule has 9 heavy (non-hydrogen) atoms. The average molecular weight is 129 g/mol. The molecular weight excluding hydrogens is 120 g/mol. The first-order chi connectivity index (χ1) is 4.34. The van der Waals surface area contributed by atoms with Gasteiger partial charge >= 0.3 is 5.97 Å². The second-order valence-electron chi connectivity index (χ2n) is 1.72. The molecule has 1 radical (unpaired) electrons. The minimum absolute atomic E-state index is 0.326. The van der Waals surface area contributed by atoms with Gasteiger partial charge in [0.15, 0.2) is 0 Å². The molecule has 0 amide bonds. The van der Waals surface area contributed by atoms with Gasteiger partial charge in [0.25, 0.3) is 0 Å². The molecule has 1 aliphatic heterocycles. The largest absolute Gasteiger partial charge is 0.467 e. The molecule has 4 heteroatoms. The highest BCUT2D eigenvalue weighted by atomic mass is 16.5. The maximum absolute atomic E-state index is 10.6. The van der Waals surface area contributed by atoms with Crippen molar-refractivity contribution in [3.05, 3.63) is 6.17 Å². The Kier molecular flexibility index (Phi) is 2.02. The van der Waals surface area contributed by atoms with E-state index in [-0.39, 0.29) is 5.97 Å². The lowest BCUT2D eigenvalue weighted by molar-refractivity contribution is -0.139. The summed E-state index contributed by atoms with van der Waals surface area (Å²) in [6.07, 6.45) is 0.470. The minimum atomic E-state index is -0.326. The monoisotopic (exact) mass is 129 g/mol. The zero-order chi connectivity index (χ0) is 6.69. The maximum atomic E-state index is 10.6. The molecule has 1 aliphatic rings. The van der Waals surface area contributed by atoms with Gasteiger partial charge in [-0.05, 0) is 0 Å². The van der Waals surface area contributed by atoms with Crippen molar-refractivity contribution in [3.8, 4) is 0 Å². The number of hydrogen-bond donors (Lipinski definition) is 2. The van der Waals surface area contributed by atoms with Crippen molar-refractivity contribution in [2.75, 3.05) is 20.2 Å². The highest BCUT2D eigenvalue weighted by molar-refractivity contribution is 5.83. The Balaban J connectivity index is 2.32. The fourth-order valence-corrected chi connectivity index (χ4v) is 0.684. The molecule has 0 spiro atoms. The van der Waals surface area contributed by atoms with E-state index < -0.39 is 0 Å². The van der Waals surface area contributed by atoms with Crippen molar-refractivity contribution >= 4 is 5.97 Å². The lowest BCUT2D eigenvalue weighted by atomic mass is 10.5. The molecule has 0 unspecified atom stereocenters. The summed E-state index contributed by atoms with van der Waals surface area (Å²) in [7, 11) is 1.36. The van der Waals surface area contributed by atoms with Gasteiger partial charge in [-0.15, -0.1) is 0 Å².